The van der Waals surface area contributed by atoms with Crippen molar-refractivity contribution in [3.05, 3.63) is 225 Å². The van der Waals surface area contributed by atoms with Crippen molar-refractivity contribution in [2.24, 2.45) is 33.4 Å². The molecule has 5 fully saturated rings. The van der Waals surface area contributed by atoms with Crippen molar-refractivity contribution in [3.63, 3.8) is 0 Å². The number of hydrogen-bond donors (Lipinski definition) is 7. The molecule has 0 amide bonds. The van der Waals surface area contributed by atoms with Crippen LogP contribution in [0.5, 0.6) is 0 Å². The Labute approximate surface area is 718 Å². The van der Waals surface area contributed by atoms with Gasteiger partial charge in [0.15, 0.2) is 39.5 Å². The number of fused-ring (bicyclic) bond motifs is 8. The lowest BCUT2D eigenvalue weighted by Crippen LogP contribution is -2.52. The van der Waals surface area contributed by atoms with E-state index in [2.05, 4.69) is 152 Å². The first-order valence-corrected chi connectivity index (χ1v) is 44.0. The van der Waals surface area contributed by atoms with Crippen LogP contribution in [0.3, 0.4) is 0 Å². The molecule has 29 nitrogen and oxygen atoms in total. The number of oxazole rings is 1. The number of ether oxygens (including phenoxy) is 2. The molecule has 34 heteroatoms. The molecular weight excluding hydrogens is 1630 g/mol. The van der Waals surface area contributed by atoms with Gasteiger partial charge in [-0.3, -0.25) is 15.0 Å². The van der Waals surface area contributed by atoms with Crippen molar-refractivity contribution in [1.82, 2.24) is 84.7 Å². The quantitative estimate of drug-likeness (QED) is 0.0597. The maximum absolute atomic E-state index is 10.6. The maximum Gasteiger partial charge on any atom is 0.417 e. The van der Waals surface area contributed by atoms with Gasteiger partial charge in [-0.15, -0.1) is 0 Å². The van der Waals surface area contributed by atoms with Gasteiger partial charge < -0.3 is 70.5 Å². The Kier molecular flexibility index (Phi) is 21.5. The summed E-state index contributed by atoms with van der Waals surface area (Å²) >= 11 is 18.0. The number of nitrogens with one attached hydrogen (secondary N) is 4. The number of rotatable bonds is 12. The van der Waals surface area contributed by atoms with Crippen molar-refractivity contribution in [3.8, 4) is 0 Å². The van der Waals surface area contributed by atoms with Crippen LogP contribution in [0.4, 0.5) is 29.5 Å². The first kappa shape index (κ1) is 78.6. The molecule has 5 aliphatic heterocycles. The molecule has 0 bridgehead atoms. The molecule has 10 N–H and O–H groups in total. The number of halogens is 2. The number of aromatic amines is 4. The SMILES string of the molecule is COC1CN(c2nccc(Sc3cnc4nc(N5CCC6(CC5)Cc5ccccc5[C@H]6N)[nH]c4n3)c2Cl)C1.N[C@@H]1c2ccccc2CC12CCN(c1nc3ncc(Sc4cccc5nccnc45)nc3[nH]1)CC2.N[C@@H]1c2ccccc2CC12CCN(c1nc3ncc(Sc4ccnc(N5CCOCC5)c4Cl)nc3[nH]1)CC2.O=c1[nH]c2ccccc2o1. The average molecular weight is 1710 g/mol. The van der Waals surface area contributed by atoms with Gasteiger partial charge in [0.25, 0.3) is 0 Å². The van der Waals surface area contributed by atoms with E-state index in [0.717, 1.165) is 199 Å². The third kappa shape index (κ3) is 15.5. The molecule has 0 saturated carbocycles. The maximum atomic E-state index is 10.6. The van der Waals surface area contributed by atoms with Crippen LogP contribution in [-0.2, 0) is 28.7 Å². The van der Waals surface area contributed by atoms with E-state index in [9.17, 15) is 4.79 Å². The number of hydrogen-bond acceptors (Lipinski definition) is 28. The molecule has 15 heterocycles. The highest BCUT2D eigenvalue weighted by Crippen LogP contribution is 2.54. The van der Waals surface area contributed by atoms with Gasteiger partial charge in [0.05, 0.1) is 59.0 Å². The van der Waals surface area contributed by atoms with Gasteiger partial charge in [-0.05, 0) is 144 Å². The molecule has 3 spiro atoms. The predicted octanol–water partition coefficient (Wildman–Crippen LogP) is 13.9. The molecule has 15 aromatic rings. The van der Waals surface area contributed by atoms with Crippen molar-refractivity contribution < 1.29 is 13.9 Å². The minimum atomic E-state index is -0.402. The zero-order valence-corrected chi connectivity index (χ0v) is 70.2. The van der Waals surface area contributed by atoms with Crippen LogP contribution < -0.4 is 47.5 Å². The lowest BCUT2D eigenvalue weighted by molar-refractivity contribution is 0.0783. The summed E-state index contributed by atoms with van der Waals surface area (Å²) in [5, 5.41) is 3.53. The number of para-hydroxylation sites is 3. The number of piperidine rings is 3. The first-order valence-electron chi connectivity index (χ1n) is 40.8. The molecule has 5 aromatic carbocycles. The van der Waals surface area contributed by atoms with Crippen LogP contribution in [-0.4, -0.2) is 177 Å². The van der Waals surface area contributed by atoms with E-state index in [1.165, 1.54) is 68.7 Å². The van der Waals surface area contributed by atoms with Crippen LogP contribution in [0, 0.1) is 16.2 Å². The molecule has 8 aliphatic rings. The van der Waals surface area contributed by atoms with Crippen molar-refractivity contribution >= 4 is 144 Å². The Morgan fingerprint density at radius 3 is 1.31 bits per heavy atom. The van der Waals surface area contributed by atoms with Gasteiger partial charge >= 0.3 is 5.76 Å². The van der Waals surface area contributed by atoms with Gasteiger partial charge in [-0.1, -0.05) is 149 Å². The summed E-state index contributed by atoms with van der Waals surface area (Å²) in [4.78, 5) is 97.5. The fourth-order valence-corrected chi connectivity index (χ4v) is 21.7. The average Bonchev–Trinajstić information content (AvgIpc) is 1.61. The highest BCUT2D eigenvalue weighted by atomic mass is 35.5. The number of H-pyrrole nitrogens is 4. The van der Waals surface area contributed by atoms with E-state index in [0.29, 0.717) is 62.7 Å². The first-order chi connectivity index (χ1) is 59.2. The number of pyridine rings is 2. The van der Waals surface area contributed by atoms with E-state index in [1.807, 2.05) is 42.5 Å². The summed E-state index contributed by atoms with van der Waals surface area (Å²) in [6.45, 7) is 9.93. The van der Waals surface area contributed by atoms with Gasteiger partial charge in [0.1, 0.15) is 32.2 Å². The minimum absolute atomic E-state index is 0.0995. The smallest absolute Gasteiger partial charge is 0.408 e. The van der Waals surface area contributed by atoms with Crippen LogP contribution in [0.25, 0.3) is 56.0 Å². The second kappa shape index (κ2) is 33.1. The summed E-state index contributed by atoms with van der Waals surface area (Å²) < 4.78 is 15.6. The Bertz CT molecular complexity index is 6350. The molecule has 10 aromatic heterocycles. The number of nitrogens with zero attached hydrogens (tertiary/aromatic N) is 18. The molecular formula is C87H87Cl2N25O4S3. The third-order valence-electron chi connectivity index (χ3n) is 25.4. The van der Waals surface area contributed by atoms with Gasteiger partial charge in [0, 0.05) is 130 Å². The molecule has 0 radical (unpaired) electrons. The second-order valence-electron chi connectivity index (χ2n) is 32.2. The number of methoxy groups -OCH3 is 1. The van der Waals surface area contributed by atoms with E-state index in [-0.39, 0.29) is 40.5 Å². The highest BCUT2D eigenvalue weighted by Gasteiger charge is 2.49. The minimum Gasteiger partial charge on any atom is -0.408 e. The van der Waals surface area contributed by atoms with Gasteiger partial charge in [-0.25, -0.2) is 44.7 Å². The van der Waals surface area contributed by atoms with Crippen LogP contribution >= 0.6 is 58.5 Å². The molecule has 616 valence electrons. The summed E-state index contributed by atoms with van der Waals surface area (Å²) in [5.41, 5.74) is 35.8. The van der Waals surface area contributed by atoms with Crippen LogP contribution in [0.2, 0.25) is 10.0 Å². The number of nitrogens with two attached hydrogens (primary N) is 3. The third-order valence-corrected chi connectivity index (χ3v) is 29.2. The van der Waals surface area contributed by atoms with Gasteiger partial charge in [-0.2, -0.15) is 15.0 Å². The number of anilines is 5. The van der Waals surface area contributed by atoms with E-state index in [1.54, 1.807) is 62.6 Å². The summed E-state index contributed by atoms with van der Waals surface area (Å²) in [5.74, 6) is 3.62. The molecule has 3 atom stereocenters. The van der Waals surface area contributed by atoms with E-state index < -0.39 is 5.76 Å². The Morgan fingerprint density at radius 2 is 0.860 bits per heavy atom. The van der Waals surface area contributed by atoms with Crippen molar-refractivity contribution in [2.75, 3.05) is 110 Å². The van der Waals surface area contributed by atoms with E-state index >= 15 is 0 Å². The second-order valence-corrected chi connectivity index (χ2v) is 36.1. The largest absolute Gasteiger partial charge is 0.417 e. The van der Waals surface area contributed by atoms with Crippen LogP contribution in [0.1, 0.15) is 90.0 Å². The molecule has 5 saturated heterocycles. The molecule has 3 aliphatic carbocycles. The number of morpholine rings is 1. The lowest BCUT2D eigenvalue weighted by atomic mass is 9.73. The Balaban J connectivity index is 0.000000109. The molecule has 121 heavy (non-hydrogen) atoms. The Hall–Kier alpha value is -10.9. The fourth-order valence-electron chi connectivity index (χ4n) is 18.5. The van der Waals surface area contributed by atoms with Gasteiger partial charge in [0.2, 0.25) is 17.8 Å². The monoisotopic (exact) mass is 1710 g/mol. The highest BCUT2D eigenvalue weighted by molar-refractivity contribution is 8.00. The zero-order chi connectivity index (χ0) is 81.9. The van der Waals surface area contributed by atoms with Crippen molar-refractivity contribution in [2.45, 2.75) is 112 Å². The Morgan fingerprint density at radius 1 is 0.438 bits per heavy atom. The van der Waals surface area contributed by atoms with E-state index in [4.69, 9.17) is 84.2 Å². The van der Waals surface area contributed by atoms with Crippen molar-refractivity contribution in [1.29, 1.82) is 0 Å². The number of benzene rings is 5. The molecule has 23 rings (SSSR count). The topological polar surface area (TPSA) is 374 Å². The predicted molar refractivity (Wildman–Crippen MR) is 471 cm³/mol. The molecule has 0 unspecified atom stereocenters. The van der Waals surface area contributed by atoms with Crippen LogP contribution in [0.15, 0.2) is 210 Å². The fraction of sp³-hybridized carbons (Fsp3) is 0.333. The normalized spacial score (nSPS) is 19.4. The lowest BCUT2D eigenvalue weighted by Gasteiger charge is -2.42. The standard InChI is InChI=1S/2C27H29ClN8OS.C26H24N8S.C7H5NO2/c1-37-17-14-36(15-17)25-21(28)19(6-9-30-25)38-20-13-31-23-24(32-20)34-26(33-23)35-10-7-27(8-11-35)12-16-4-2-3-5-18(16)22(27)29;28-21-19(5-8-30-25(21)35-11-13-37-14-12-35)38-20-16-31-23-24(32-20)34-26(33-23)36-9-6-27(7-10-36)15-17-3-1-2-4-18(17)22(27)29;27-22-17-5-2-1-4-16(17)14-26(22)8-12-34(13-9-26)25-32-23-24(33-25)31-20(15-30-23)35-19-7-3-6-18-21(19)29-11-10-28-18;9-7-8-5-3-1-2-4-6(5)10-7/h2-6,9,13,17,22H,7-8,10-12,14-15,29H2,1H3,(H,31,32,33,34);1-5,8,16,22H,6-7,9-15,29H2,(H,31,32,33,34);1-7,10-11,15,22H,8-9,12-14,27H2,(H,30,31,32,33);1-4H,(H,8,9)/t3*22-;/m111./s1. The number of imidazole rings is 3. The summed E-state index contributed by atoms with van der Waals surface area (Å²) in [6, 6.07) is 43.2. The summed E-state index contributed by atoms with van der Waals surface area (Å²) in [6.07, 6.45) is 21.9. The number of aromatic nitrogens is 17. The summed E-state index contributed by atoms with van der Waals surface area (Å²) in [7, 11) is 1.73. The zero-order valence-electron chi connectivity index (χ0n) is 66.2.